The lowest BCUT2D eigenvalue weighted by atomic mass is 10.1. The van der Waals surface area contributed by atoms with E-state index in [1.165, 1.54) is 0 Å². The number of rotatable bonds is 3. The maximum atomic E-state index is 12.4. The average molecular weight is 323 g/mol. The lowest BCUT2D eigenvalue weighted by Gasteiger charge is -2.36. The number of carbonyl (C=O) groups is 2. The molecule has 2 aromatic carbocycles. The Hall–Kier alpha value is -2.82. The van der Waals surface area contributed by atoms with Crippen LogP contribution in [0.1, 0.15) is 17.3 Å². The van der Waals surface area contributed by atoms with Gasteiger partial charge in [-0.3, -0.25) is 9.59 Å². The molecule has 0 aromatic heterocycles. The van der Waals surface area contributed by atoms with Crippen LogP contribution < -0.4 is 10.2 Å². The van der Waals surface area contributed by atoms with Crippen molar-refractivity contribution in [2.75, 3.05) is 36.4 Å². The third kappa shape index (κ3) is 3.56. The van der Waals surface area contributed by atoms with Gasteiger partial charge in [0.05, 0.1) is 11.4 Å². The van der Waals surface area contributed by atoms with Crippen LogP contribution in [0.15, 0.2) is 54.6 Å². The Balaban J connectivity index is 1.74. The van der Waals surface area contributed by atoms with Crippen molar-refractivity contribution in [3.8, 4) is 0 Å². The maximum absolute atomic E-state index is 12.4. The molecule has 5 heteroatoms. The van der Waals surface area contributed by atoms with Crippen LogP contribution in [-0.2, 0) is 4.79 Å². The zero-order valence-corrected chi connectivity index (χ0v) is 13.7. The summed E-state index contributed by atoms with van der Waals surface area (Å²) < 4.78 is 0. The van der Waals surface area contributed by atoms with Crippen molar-refractivity contribution in [2.45, 2.75) is 6.92 Å². The van der Waals surface area contributed by atoms with Crippen LogP contribution in [0.25, 0.3) is 0 Å². The van der Waals surface area contributed by atoms with Gasteiger partial charge in [-0.15, -0.1) is 0 Å². The van der Waals surface area contributed by atoms with Gasteiger partial charge in [0, 0.05) is 38.7 Å². The molecule has 1 aliphatic heterocycles. The molecule has 5 nitrogen and oxygen atoms in total. The van der Waals surface area contributed by atoms with Crippen LogP contribution in [0.2, 0.25) is 0 Å². The van der Waals surface area contributed by atoms with E-state index in [9.17, 15) is 9.59 Å². The fraction of sp³-hybridized carbons (Fsp3) is 0.263. The second-order valence-corrected chi connectivity index (χ2v) is 5.83. The van der Waals surface area contributed by atoms with Gasteiger partial charge in [0.15, 0.2) is 0 Å². The molecule has 124 valence electrons. The molecule has 2 amide bonds. The molecule has 0 aliphatic carbocycles. The molecule has 0 radical (unpaired) electrons. The highest BCUT2D eigenvalue weighted by atomic mass is 16.2. The minimum absolute atomic E-state index is 0.111. The first-order valence-electron chi connectivity index (χ1n) is 8.11. The third-order valence-corrected chi connectivity index (χ3v) is 4.25. The van der Waals surface area contributed by atoms with E-state index in [4.69, 9.17) is 0 Å². The highest BCUT2D eigenvalue weighted by Crippen LogP contribution is 2.27. The zero-order valence-electron chi connectivity index (χ0n) is 13.7. The van der Waals surface area contributed by atoms with E-state index in [0.717, 1.165) is 24.5 Å². The smallest absolute Gasteiger partial charge is 0.255 e. The summed E-state index contributed by atoms with van der Waals surface area (Å²) in [6.07, 6.45) is 0. The average Bonchev–Trinajstić information content (AvgIpc) is 2.63. The first kappa shape index (κ1) is 16.1. The van der Waals surface area contributed by atoms with Gasteiger partial charge < -0.3 is 15.1 Å². The second-order valence-electron chi connectivity index (χ2n) is 5.83. The molecule has 1 saturated heterocycles. The second kappa shape index (κ2) is 7.17. The van der Waals surface area contributed by atoms with Gasteiger partial charge in [0.2, 0.25) is 5.91 Å². The number of benzene rings is 2. The van der Waals surface area contributed by atoms with Crippen molar-refractivity contribution in [1.29, 1.82) is 0 Å². The Morgan fingerprint density at radius 1 is 0.875 bits per heavy atom. The highest BCUT2D eigenvalue weighted by Gasteiger charge is 2.21. The minimum Gasteiger partial charge on any atom is -0.366 e. The number of hydrogen-bond acceptors (Lipinski definition) is 3. The van der Waals surface area contributed by atoms with E-state index in [0.29, 0.717) is 18.7 Å². The summed E-state index contributed by atoms with van der Waals surface area (Å²) >= 11 is 0. The Morgan fingerprint density at radius 2 is 1.50 bits per heavy atom. The molecule has 0 saturated carbocycles. The van der Waals surface area contributed by atoms with Crippen LogP contribution in [-0.4, -0.2) is 42.9 Å². The molecule has 0 atom stereocenters. The molecule has 24 heavy (non-hydrogen) atoms. The number of para-hydroxylation sites is 2. The molecule has 1 heterocycles. The third-order valence-electron chi connectivity index (χ3n) is 4.25. The summed E-state index contributed by atoms with van der Waals surface area (Å²) in [5.41, 5.74) is 2.42. The van der Waals surface area contributed by atoms with Gasteiger partial charge in [-0.1, -0.05) is 30.3 Å². The van der Waals surface area contributed by atoms with Crippen LogP contribution >= 0.6 is 0 Å². The van der Waals surface area contributed by atoms with E-state index in [2.05, 4.69) is 10.2 Å². The molecule has 1 N–H and O–H groups in total. The van der Waals surface area contributed by atoms with Gasteiger partial charge in [0.1, 0.15) is 0 Å². The number of carbonyl (C=O) groups excluding carboxylic acids is 2. The topological polar surface area (TPSA) is 52.7 Å². The van der Waals surface area contributed by atoms with Crippen LogP contribution in [0.4, 0.5) is 11.4 Å². The molecule has 0 spiro atoms. The molecule has 0 unspecified atom stereocenters. The van der Waals surface area contributed by atoms with Crippen molar-refractivity contribution >= 4 is 23.2 Å². The van der Waals surface area contributed by atoms with Gasteiger partial charge >= 0.3 is 0 Å². The van der Waals surface area contributed by atoms with E-state index in [1.54, 1.807) is 19.1 Å². The van der Waals surface area contributed by atoms with Crippen LogP contribution in [0.3, 0.4) is 0 Å². The molecular weight excluding hydrogens is 302 g/mol. The van der Waals surface area contributed by atoms with Gasteiger partial charge in [-0.25, -0.2) is 0 Å². The minimum atomic E-state index is -0.120. The Bertz CT molecular complexity index is 722. The molecule has 0 bridgehead atoms. The lowest BCUT2D eigenvalue weighted by Crippen LogP contribution is -2.48. The number of amides is 2. The van der Waals surface area contributed by atoms with E-state index >= 15 is 0 Å². The Labute approximate surface area is 141 Å². The van der Waals surface area contributed by atoms with E-state index < -0.39 is 0 Å². The standard InChI is InChI=1S/C19H21N3O2/c1-15(23)21-11-13-22(14-12-21)18-10-6-5-9-17(18)20-19(24)16-7-3-2-4-8-16/h2-10H,11-14H2,1H3,(H,20,24). The molecular formula is C19H21N3O2. The first-order valence-corrected chi connectivity index (χ1v) is 8.11. The molecule has 2 aromatic rings. The number of nitrogens with zero attached hydrogens (tertiary/aromatic N) is 2. The summed E-state index contributed by atoms with van der Waals surface area (Å²) in [5.74, 6) is -0.00858. The van der Waals surface area contributed by atoms with Crippen molar-refractivity contribution < 1.29 is 9.59 Å². The normalized spacial score (nSPS) is 14.4. The zero-order chi connectivity index (χ0) is 16.9. The lowest BCUT2D eigenvalue weighted by molar-refractivity contribution is -0.129. The quantitative estimate of drug-likeness (QED) is 0.945. The van der Waals surface area contributed by atoms with Crippen LogP contribution in [0.5, 0.6) is 0 Å². The van der Waals surface area contributed by atoms with Crippen molar-refractivity contribution in [2.24, 2.45) is 0 Å². The van der Waals surface area contributed by atoms with E-state index in [-0.39, 0.29) is 11.8 Å². The largest absolute Gasteiger partial charge is 0.366 e. The molecule has 1 aliphatic rings. The van der Waals surface area contributed by atoms with Crippen molar-refractivity contribution in [1.82, 2.24) is 4.90 Å². The summed E-state index contributed by atoms with van der Waals surface area (Å²) in [4.78, 5) is 27.9. The fourth-order valence-electron chi connectivity index (χ4n) is 2.90. The fourth-order valence-corrected chi connectivity index (χ4v) is 2.90. The number of nitrogens with one attached hydrogen (secondary N) is 1. The van der Waals surface area contributed by atoms with Gasteiger partial charge in [-0.2, -0.15) is 0 Å². The highest BCUT2D eigenvalue weighted by molar-refractivity contribution is 6.05. The molecule has 1 fully saturated rings. The summed E-state index contributed by atoms with van der Waals surface area (Å²) in [5, 5.41) is 3.00. The Kier molecular flexibility index (Phi) is 4.79. The molecule has 3 rings (SSSR count). The number of anilines is 2. The monoisotopic (exact) mass is 323 g/mol. The number of hydrogen-bond donors (Lipinski definition) is 1. The predicted molar refractivity (Wildman–Crippen MR) is 95.3 cm³/mol. The van der Waals surface area contributed by atoms with E-state index in [1.807, 2.05) is 47.4 Å². The van der Waals surface area contributed by atoms with Crippen molar-refractivity contribution in [3.63, 3.8) is 0 Å². The maximum Gasteiger partial charge on any atom is 0.255 e. The number of piperazine rings is 1. The predicted octanol–water partition coefficient (Wildman–Crippen LogP) is 2.61. The first-order chi connectivity index (χ1) is 11.6. The summed E-state index contributed by atoms with van der Waals surface area (Å²) in [6.45, 7) is 4.53. The van der Waals surface area contributed by atoms with Crippen LogP contribution in [0, 0.1) is 0 Å². The summed E-state index contributed by atoms with van der Waals surface area (Å²) in [6, 6.07) is 17.0. The SMILES string of the molecule is CC(=O)N1CCN(c2ccccc2NC(=O)c2ccccc2)CC1. The van der Waals surface area contributed by atoms with Crippen molar-refractivity contribution in [3.05, 3.63) is 60.2 Å². The Morgan fingerprint density at radius 3 is 2.17 bits per heavy atom. The summed E-state index contributed by atoms with van der Waals surface area (Å²) in [7, 11) is 0. The van der Waals surface area contributed by atoms with Gasteiger partial charge in [-0.05, 0) is 24.3 Å². The van der Waals surface area contributed by atoms with Gasteiger partial charge in [0.25, 0.3) is 5.91 Å².